The zero-order valence-electron chi connectivity index (χ0n) is 9.16. The number of anilines is 1. The van der Waals surface area contributed by atoms with Crippen LogP contribution in [0.15, 0.2) is 18.5 Å². The van der Waals surface area contributed by atoms with Crippen LogP contribution in [0.1, 0.15) is 18.9 Å². The second kappa shape index (κ2) is 5.46. The van der Waals surface area contributed by atoms with E-state index in [9.17, 15) is 4.79 Å². The summed E-state index contributed by atoms with van der Waals surface area (Å²) in [4.78, 5) is 15.5. The monoisotopic (exact) mass is 207 g/mol. The summed E-state index contributed by atoms with van der Waals surface area (Å²) in [6.07, 6.45) is 3.84. The fourth-order valence-electron chi connectivity index (χ4n) is 1.21. The fourth-order valence-corrected chi connectivity index (χ4v) is 1.21. The molecule has 1 heterocycles. The van der Waals surface area contributed by atoms with E-state index in [2.05, 4.69) is 10.3 Å². The van der Waals surface area contributed by atoms with Crippen LogP contribution in [0, 0.1) is 12.8 Å². The molecule has 1 unspecified atom stereocenters. The summed E-state index contributed by atoms with van der Waals surface area (Å²) in [6, 6.07) is 1.79. The maximum atomic E-state index is 11.5. The first kappa shape index (κ1) is 11.7. The first-order valence-corrected chi connectivity index (χ1v) is 5.04. The predicted molar refractivity (Wildman–Crippen MR) is 60.4 cm³/mol. The summed E-state index contributed by atoms with van der Waals surface area (Å²) in [7, 11) is 0. The highest BCUT2D eigenvalue weighted by Gasteiger charge is 2.08. The first-order valence-electron chi connectivity index (χ1n) is 5.04. The summed E-state index contributed by atoms with van der Waals surface area (Å²) in [5.41, 5.74) is 7.24. The average molecular weight is 207 g/mol. The van der Waals surface area contributed by atoms with Crippen LogP contribution < -0.4 is 11.1 Å². The van der Waals surface area contributed by atoms with Crippen molar-refractivity contribution in [3.05, 3.63) is 24.0 Å². The maximum absolute atomic E-state index is 11.5. The average Bonchev–Trinajstić information content (AvgIpc) is 2.21. The molecule has 0 aliphatic carbocycles. The van der Waals surface area contributed by atoms with Crippen molar-refractivity contribution < 1.29 is 4.79 Å². The molecule has 1 rings (SSSR count). The Balaban J connectivity index is 2.55. The van der Waals surface area contributed by atoms with Crippen LogP contribution in [0.5, 0.6) is 0 Å². The van der Waals surface area contributed by atoms with Crippen LogP contribution in [0.3, 0.4) is 0 Å². The fraction of sp³-hybridized carbons (Fsp3) is 0.455. The predicted octanol–water partition coefficient (Wildman–Crippen LogP) is 1.31. The van der Waals surface area contributed by atoms with E-state index in [1.165, 1.54) is 0 Å². The highest BCUT2D eigenvalue weighted by atomic mass is 16.1. The molecule has 0 spiro atoms. The van der Waals surface area contributed by atoms with Gasteiger partial charge in [0.1, 0.15) is 0 Å². The highest BCUT2D eigenvalue weighted by molar-refractivity contribution is 5.91. The molecule has 0 radical (unpaired) electrons. The van der Waals surface area contributed by atoms with E-state index in [4.69, 9.17) is 5.73 Å². The van der Waals surface area contributed by atoms with E-state index in [1.54, 1.807) is 18.5 Å². The summed E-state index contributed by atoms with van der Waals surface area (Å²) in [5, 5.41) is 2.84. The van der Waals surface area contributed by atoms with Crippen molar-refractivity contribution in [1.29, 1.82) is 0 Å². The van der Waals surface area contributed by atoms with Gasteiger partial charge in [0.2, 0.25) is 5.91 Å². The smallest absolute Gasteiger partial charge is 0.224 e. The molecule has 0 saturated heterocycles. The molecule has 3 N–H and O–H groups in total. The van der Waals surface area contributed by atoms with Gasteiger partial charge in [-0.1, -0.05) is 6.92 Å². The molecule has 1 atom stereocenters. The maximum Gasteiger partial charge on any atom is 0.224 e. The van der Waals surface area contributed by atoms with Gasteiger partial charge >= 0.3 is 0 Å². The van der Waals surface area contributed by atoms with Crippen molar-refractivity contribution in [1.82, 2.24) is 4.98 Å². The van der Waals surface area contributed by atoms with Gasteiger partial charge in [-0.05, 0) is 31.0 Å². The molecule has 0 saturated carbocycles. The Hall–Kier alpha value is -1.42. The van der Waals surface area contributed by atoms with E-state index in [0.29, 0.717) is 13.0 Å². The van der Waals surface area contributed by atoms with Crippen molar-refractivity contribution in [2.75, 3.05) is 11.9 Å². The molecule has 0 aromatic carbocycles. The second-order valence-corrected chi connectivity index (χ2v) is 3.78. The molecule has 0 fully saturated rings. The minimum Gasteiger partial charge on any atom is -0.330 e. The Labute approximate surface area is 89.9 Å². The molecule has 15 heavy (non-hydrogen) atoms. The van der Waals surface area contributed by atoms with Crippen molar-refractivity contribution in [2.24, 2.45) is 11.7 Å². The van der Waals surface area contributed by atoms with Gasteiger partial charge in [-0.2, -0.15) is 0 Å². The van der Waals surface area contributed by atoms with Gasteiger partial charge in [-0.15, -0.1) is 0 Å². The SMILES string of the molecule is Cc1cnccc1NC(=O)CC(C)CN. The Kier molecular flexibility index (Phi) is 4.24. The lowest BCUT2D eigenvalue weighted by atomic mass is 10.1. The van der Waals surface area contributed by atoms with E-state index < -0.39 is 0 Å². The van der Waals surface area contributed by atoms with Crippen LogP contribution in [-0.4, -0.2) is 17.4 Å². The Morgan fingerprint density at radius 1 is 1.67 bits per heavy atom. The topological polar surface area (TPSA) is 68.0 Å². The van der Waals surface area contributed by atoms with Crippen molar-refractivity contribution in [3.8, 4) is 0 Å². The number of aryl methyl sites for hydroxylation is 1. The normalized spacial score (nSPS) is 12.2. The third-order valence-corrected chi connectivity index (χ3v) is 2.23. The number of nitrogens with one attached hydrogen (secondary N) is 1. The first-order chi connectivity index (χ1) is 7.13. The van der Waals surface area contributed by atoms with E-state index >= 15 is 0 Å². The van der Waals surface area contributed by atoms with Crippen LogP contribution in [0.25, 0.3) is 0 Å². The summed E-state index contributed by atoms with van der Waals surface area (Å²) < 4.78 is 0. The van der Waals surface area contributed by atoms with Gasteiger partial charge in [0.05, 0.1) is 0 Å². The van der Waals surface area contributed by atoms with Gasteiger partial charge < -0.3 is 11.1 Å². The highest BCUT2D eigenvalue weighted by Crippen LogP contribution is 2.12. The number of pyridine rings is 1. The molecule has 1 aromatic heterocycles. The van der Waals surface area contributed by atoms with Gasteiger partial charge in [-0.3, -0.25) is 9.78 Å². The standard InChI is InChI=1S/C11H17N3O/c1-8(6-12)5-11(15)14-10-3-4-13-7-9(10)2/h3-4,7-8H,5-6,12H2,1-2H3,(H,13,14,15). The molecule has 4 nitrogen and oxygen atoms in total. The molecule has 82 valence electrons. The number of nitrogens with zero attached hydrogens (tertiary/aromatic N) is 1. The summed E-state index contributed by atoms with van der Waals surface area (Å²) in [5.74, 6) is 0.217. The van der Waals surface area contributed by atoms with Gasteiger partial charge in [0.25, 0.3) is 0 Å². The van der Waals surface area contributed by atoms with Crippen LogP contribution in [0.2, 0.25) is 0 Å². The van der Waals surface area contributed by atoms with Gasteiger partial charge in [0.15, 0.2) is 0 Å². The molecule has 0 aliphatic rings. The van der Waals surface area contributed by atoms with Gasteiger partial charge in [0, 0.05) is 24.5 Å². The Morgan fingerprint density at radius 2 is 2.40 bits per heavy atom. The van der Waals surface area contributed by atoms with Crippen LogP contribution >= 0.6 is 0 Å². The number of hydrogen-bond acceptors (Lipinski definition) is 3. The number of carbonyl (C=O) groups is 1. The van der Waals surface area contributed by atoms with Gasteiger partial charge in [-0.25, -0.2) is 0 Å². The molecular formula is C11H17N3O. The minimum atomic E-state index is 0.00208. The molecular weight excluding hydrogens is 190 g/mol. The Bertz CT molecular complexity index is 338. The zero-order valence-corrected chi connectivity index (χ0v) is 9.16. The minimum absolute atomic E-state index is 0.00208. The van der Waals surface area contributed by atoms with E-state index in [1.807, 2.05) is 13.8 Å². The lowest BCUT2D eigenvalue weighted by molar-refractivity contribution is -0.116. The summed E-state index contributed by atoms with van der Waals surface area (Å²) >= 11 is 0. The largest absolute Gasteiger partial charge is 0.330 e. The number of amides is 1. The molecule has 0 bridgehead atoms. The number of hydrogen-bond donors (Lipinski definition) is 2. The van der Waals surface area contributed by atoms with Crippen LogP contribution in [0.4, 0.5) is 5.69 Å². The third-order valence-electron chi connectivity index (χ3n) is 2.23. The van der Waals surface area contributed by atoms with Crippen molar-refractivity contribution >= 4 is 11.6 Å². The van der Waals surface area contributed by atoms with Crippen LogP contribution in [-0.2, 0) is 4.79 Å². The summed E-state index contributed by atoms with van der Waals surface area (Å²) in [6.45, 7) is 4.40. The van der Waals surface area contributed by atoms with Crippen molar-refractivity contribution in [2.45, 2.75) is 20.3 Å². The quantitative estimate of drug-likeness (QED) is 0.782. The molecule has 1 amide bonds. The lowest BCUT2D eigenvalue weighted by Crippen LogP contribution is -2.20. The molecule has 4 heteroatoms. The number of nitrogens with two attached hydrogens (primary N) is 1. The number of carbonyl (C=O) groups excluding carboxylic acids is 1. The van der Waals surface area contributed by atoms with Crippen molar-refractivity contribution in [3.63, 3.8) is 0 Å². The third kappa shape index (κ3) is 3.67. The lowest BCUT2D eigenvalue weighted by Gasteiger charge is -2.10. The number of aromatic nitrogens is 1. The molecule has 1 aromatic rings. The zero-order chi connectivity index (χ0) is 11.3. The second-order valence-electron chi connectivity index (χ2n) is 3.78. The molecule has 0 aliphatic heterocycles. The number of rotatable bonds is 4. The van der Waals surface area contributed by atoms with E-state index in [-0.39, 0.29) is 11.8 Å². The van der Waals surface area contributed by atoms with E-state index in [0.717, 1.165) is 11.3 Å². The Morgan fingerprint density at radius 3 is 3.00 bits per heavy atom.